The Morgan fingerprint density at radius 3 is 2.33 bits per heavy atom. The zero-order valence-corrected chi connectivity index (χ0v) is 4.65. The Kier molecular flexibility index (Phi) is 2.73. The van der Waals surface area contributed by atoms with Crippen LogP contribution in [0.3, 0.4) is 0 Å². The summed E-state index contributed by atoms with van der Waals surface area (Å²) in [5.41, 5.74) is 1.22. The molecule has 0 aromatic carbocycles. The Hall–Kier alpha value is -0.330. The molecule has 1 heteroatoms. The molecule has 0 saturated heterocycles. The lowest BCUT2D eigenvalue weighted by atomic mass is 10.3. The van der Waals surface area contributed by atoms with Crippen LogP contribution < -0.4 is 0 Å². The maximum atomic E-state index is 3.92. The summed E-state index contributed by atoms with van der Waals surface area (Å²) in [5.74, 6) is 0. The highest BCUT2D eigenvalue weighted by Gasteiger charge is 1.75. The summed E-state index contributed by atoms with van der Waals surface area (Å²) in [7, 11) is 1.82. The van der Waals surface area contributed by atoms with Crippen molar-refractivity contribution in [3.05, 3.63) is 0 Å². The van der Waals surface area contributed by atoms with Crippen molar-refractivity contribution in [3.63, 3.8) is 0 Å². The highest BCUT2D eigenvalue weighted by Crippen LogP contribution is 1.78. The standard InChI is InChI=1S/C5H11N.H2/c1-4-5(2)6-3;/h4H2,1-3H3;1H/i;1+1. The first-order valence-electron chi connectivity index (χ1n) is 2.23. The molecule has 0 radical (unpaired) electrons. The minimum Gasteiger partial charge on any atom is -0.298 e. The molecule has 0 spiro atoms. The molecule has 0 aliphatic rings. The van der Waals surface area contributed by atoms with E-state index in [-0.39, 0.29) is 1.43 Å². The first kappa shape index (κ1) is 5.67. The van der Waals surface area contributed by atoms with Crippen LogP contribution in [0.1, 0.15) is 21.7 Å². The number of hydrogen-bond donors (Lipinski definition) is 0. The van der Waals surface area contributed by atoms with E-state index in [1.165, 1.54) is 5.71 Å². The predicted octanol–water partition coefficient (Wildman–Crippen LogP) is 1.73. The molecule has 38 valence electrons. The van der Waals surface area contributed by atoms with Crippen molar-refractivity contribution in [2.24, 2.45) is 4.99 Å². The minimum absolute atomic E-state index is 0. The minimum atomic E-state index is 0. The van der Waals surface area contributed by atoms with Gasteiger partial charge in [0.05, 0.1) is 0 Å². The molecule has 0 rings (SSSR count). The van der Waals surface area contributed by atoms with E-state index in [0.29, 0.717) is 0 Å². The first-order valence-corrected chi connectivity index (χ1v) is 2.23. The van der Waals surface area contributed by atoms with E-state index in [0.717, 1.165) is 6.42 Å². The van der Waals surface area contributed by atoms with E-state index in [9.17, 15) is 0 Å². The fourth-order valence-electron chi connectivity index (χ4n) is 0.158. The van der Waals surface area contributed by atoms with E-state index in [1.807, 2.05) is 14.0 Å². The Morgan fingerprint density at radius 2 is 2.33 bits per heavy atom. The number of aliphatic imine (C=N–C) groups is 1. The third kappa shape index (κ3) is 1.94. The van der Waals surface area contributed by atoms with E-state index in [2.05, 4.69) is 11.9 Å². The van der Waals surface area contributed by atoms with E-state index in [4.69, 9.17) is 0 Å². The van der Waals surface area contributed by atoms with Crippen LogP contribution in [0.15, 0.2) is 4.99 Å². The average molecular weight is 88.2 g/mol. The first-order chi connectivity index (χ1) is 2.81. The lowest BCUT2D eigenvalue weighted by molar-refractivity contribution is 1.23. The van der Waals surface area contributed by atoms with Crippen LogP contribution in [-0.4, -0.2) is 12.8 Å². The molecular formula is C5H13N. The number of hydrogen-bond acceptors (Lipinski definition) is 1. The van der Waals surface area contributed by atoms with Crippen LogP contribution in [0.4, 0.5) is 0 Å². The Balaban J connectivity index is 0. The topological polar surface area (TPSA) is 12.4 Å². The molecule has 0 bridgehead atoms. The van der Waals surface area contributed by atoms with Gasteiger partial charge in [0.15, 0.2) is 0 Å². The van der Waals surface area contributed by atoms with Crippen LogP contribution in [0, 0.1) is 0 Å². The third-order valence-electron chi connectivity index (χ3n) is 0.893. The van der Waals surface area contributed by atoms with Crippen LogP contribution in [-0.2, 0) is 0 Å². The molecule has 0 heterocycles. The smallest absolute Gasteiger partial charge is 0.0276 e. The molecule has 0 saturated carbocycles. The molecule has 0 atom stereocenters. The van der Waals surface area contributed by atoms with Gasteiger partial charge in [0, 0.05) is 14.2 Å². The molecule has 6 heavy (non-hydrogen) atoms. The SMILES string of the molecule is CCC(C)=NC.[2HH]. The summed E-state index contributed by atoms with van der Waals surface area (Å²) in [6, 6.07) is 0. The van der Waals surface area contributed by atoms with Gasteiger partial charge in [-0.05, 0) is 13.3 Å². The van der Waals surface area contributed by atoms with Crippen LogP contribution in [0.5, 0.6) is 0 Å². The Labute approximate surface area is 40.6 Å². The highest BCUT2D eigenvalue weighted by atomic mass is 14.7. The van der Waals surface area contributed by atoms with Gasteiger partial charge in [-0.15, -0.1) is 0 Å². The summed E-state index contributed by atoms with van der Waals surface area (Å²) >= 11 is 0. The quantitative estimate of drug-likeness (QED) is 0.433. The van der Waals surface area contributed by atoms with Gasteiger partial charge in [0.2, 0.25) is 0 Å². The van der Waals surface area contributed by atoms with Gasteiger partial charge in [0.1, 0.15) is 0 Å². The van der Waals surface area contributed by atoms with Gasteiger partial charge in [-0.2, -0.15) is 0 Å². The maximum absolute atomic E-state index is 3.92. The lowest BCUT2D eigenvalue weighted by Gasteiger charge is -1.84. The van der Waals surface area contributed by atoms with Crippen molar-refractivity contribution in [3.8, 4) is 0 Å². The lowest BCUT2D eigenvalue weighted by Crippen LogP contribution is -1.83. The predicted molar refractivity (Wildman–Crippen MR) is 31.4 cm³/mol. The summed E-state index contributed by atoms with van der Waals surface area (Å²) in [6.07, 6.45) is 1.08. The van der Waals surface area contributed by atoms with E-state index >= 15 is 0 Å². The van der Waals surface area contributed by atoms with Gasteiger partial charge in [-0.25, -0.2) is 0 Å². The molecule has 0 unspecified atom stereocenters. The number of nitrogens with zero attached hydrogens (tertiary/aromatic N) is 1. The number of rotatable bonds is 1. The van der Waals surface area contributed by atoms with Crippen molar-refractivity contribution >= 4 is 5.71 Å². The van der Waals surface area contributed by atoms with Crippen LogP contribution in [0.25, 0.3) is 0 Å². The largest absolute Gasteiger partial charge is 0.298 e. The molecular weight excluding hydrogens is 74.1 g/mol. The maximum Gasteiger partial charge on any atom is 0.0276 e. The van der Waals surface area contributed by atoms with Gasteiger partial charge in [-0.3, -0.25) is 4.99 Å². The van der Waals surface area contributed by atoms with Crippen molar-refractivity contribution in [1.29, 1.82) is 0 Å². The van der Waals surface area contributed by atoms with Crippen molar-refractivity contribution in [2.45, 2.75) is 20.3 Å². The second-order valence-corrected chi connectivity index (χ2v) is 1.31. The average Bonchev–Trinajstić information content (AvgIpc) is 1.65. The second kappa shape index (κ2) is 2.88. The van der Waals surface area contributed by atoms with Gasteiger partial charge in [0.25, 0.3) is 0 Å². The summed E-state index contributed by atoms with van der Waals surface area (Å²) in [6.45, 7) is 4.13. The summed E-state index contributed by atoms with van der Waals surface area (Å²) in [4.78, 5) is 3.92. The highest BCUT2D eigenvalue weighted by molar-refractivity contribution is 5.81. The van der Waals surface area contributed by atoms with Crippen molar-refractivity contribution < 1.29 is 1.43 Å². The Morgan fingerprint density at radius 1 is 1.83 bits per heavy atom. The van der Waals surface area contributed by atoms with E-state index < -0.39 is 0 Å². The second-order valence-electron chi connectivity index (χ2n) is 1.31. The normalized spacial score (nSPS) is 12.2. The fourth-order valence-corrected chi connectivity index (χ4v) is 0.158. The Bertz CT molecular complexity index is 59.1. The van der Waals surface area contributed by atoms with Crippen molar-refractivity contribution in [1.82, 2.24) is 0 Å². The summed E-state index contributed by atoms with van der Waals surface area (Å²) < 4.78 is 0. The zero-order valence-electron chi connectivity index (χ0n) is 4.65. The molecule has 0 N–H and O–H groups in total. The van der Waals surface area contributed by atoms with Crippen LogP contribution >= 0.6 is 0 Å². The molecule has 0 amide bonds. The molecule has 0 fully saturated rings. The van der Waals surface area contributed by atoms with Gasteiger partial charge < -0.3 is 0 Å². The molecule has 0 aromatic heterocycles. The zero-order chi connectivity index (χ0) is 4.99. The van der Waals surface area contributed by atoms with E-state index in [1.54, 1.807) is 0 Å². The molecule has 1 nitrogen and oxygen atoms in total. The van der Waals surface area contributed by atoms with Crippen molar-refractivity contribution in [2.75, 3.05) is 7.05 Å². The third-order valence-corrected chi connectivity index (χ3v) is 0.893. The molecule has 0 aliphatic heterocycles. The van der Waals surface area contributed by atoms with Gasteiger partial charge in [-0.1, -0.05) is 6.92 Å². The summed E-state index contributed by atoms with van der Waals surface area (Å²) in [5, 5.41) is 0. The fraction of sp³-hybridized carbons (Fsp3) is 0.800. The molecule has 0 aromatic rings. The molecule has 0 aliphatic carbocycles. The van der Waals surface area contributed by atoms with Crippen LogP contribution in [0.2, 0.25) is 0 Å². The van der Waals surface area contributed by atoms with Gasteiger partial charge >= 0.3 is 0 Å². The monoisotopic (exact) mass is 88.1 g/mol.